The van der Waals surface area contributed by atoms with Crippen LogP contribution in [-0.2, 0) is 6.42 Å². The highest BCUT2D eigenvalue weighted by Crippen LogP contribution is 2.28. The number of nitrogens with zero attached hydrogens (tertiary/aromatic N) is 2. The summed E-state index contributed by atoms with van der Waals surface area (Å²) < 4.78 is 0. The second-order valence-electron chi connectivity index (χ2n) is 6.29. The van der Waals surface area contributed by atoms with Crippen LogP contribution in [0.15, 0.2) is 66.3 Å². The van der Waals surface area contributed by atoms with E-state index in [0.29, 0.717) is 17.2 Å². The van der Waals surface area contributed by atoms with E-state index in [9.17, 15) is 4.79 Å². The molecule has 0 spiro atoms. The number of hydrogen-bond donors (Lipinski definition) is 1. The monoisotopic (exact) mass is 383 g/mol. The number of benzene rings is 2. The first-order valence-electron chi connectivity index (χ1n) is 8.87. The third-order valence-electron chi connectivity index (χ3n) is 4.51. The van der Waals surface area contributed by atoms with Gasteiger partial charge in [-0.2, -0.15) is 0 Å². The number of rotatable bonds is 5. The number of terminal acetylenes is 1. The van der Waals surface area contributed by atoms with Crippen LogP contribution in [0, 0.1) is 12.3 Å². The predicted octanol–water partition coefficient (Wildman–Crippen LogP) is 4.31. The molecule has 1 N–H and O–H groups in total. The van der Waals surface area contributed by atoms with Crippen LogP contribution in [0.1, 0.15) is 21.1 Å². The summed E-state index contributed by atoms with van der Waals surface area (Å²) in [4.78, 5) is 20.4. The number of pyridine rings is 1. The van der Waals surface area contributed by atoms with Gasteiger partial charge in [0.25, 0.3) is 5.91 Å². The van der Waals surface area contributed by atoms with Crippen molar-refractivity contribution in [1.82, 2.24) is 15.3 Å². The molecule has 0 aliphatic carbocycles. The third-order valence-corrected chi connectivity index (χ3v) is 5.28. The van der Waals surface area contributed by atoms with E-state index < -0.39 is 0 Å². The normalized spacial score (nSPS) is 10.5. The van der Waals surface area contributed by atoms with Crippen molar-refractivity contribution in [2.45, 2.75) is 6.42 Å². The van der Waals surface area contributed by atoms with Crippen molar-refractivity contribution in [3.8, 4) is 23.5 Å². The molecule has 136 valence electrons. The van der Waals surface area contributed by atoms with Gasteiger partial charge < -0.3 is 5.32 Å². The minimum absolute atomic E-state index is 0.196. The Labute approximate surface area is 167 Å². The maximum atomic E-state index is 12.1. The average molecular weight is 383 g/mol. The molecule has 0 saturated heterocycles. The van der Waals surface area contributed by atoms with Crippen molar-refractivity contribution < 1.29 is 4.79 Å². The smallest absolute Gasteiger partial charge is 0.270 e. The lowest BCUT2D eigenvalue weighted by Crippen LogP contribution is -2.25. The Morgan fingerprint density at radius 2 is 2.00 bits per heavy atom. The molecule has 0 atom stereocenters. The van der Waals surface area contributed by atoms with Gasteiger partial charge in [-0.3, -0.25) is 9.78 Å². The zero-order valence-electron chi connectivity index (χ0n) is 15.1. The van der Waals surface area contributed by atoms with E-state index in [2.05, 4.69) is 57.6 Å². The summed E-state index contributed by atoms with van der Waals surface area (Å²) in [6, 6.07) is 16.7. The molecule has 4 nitrogen and oxygen atoms in total. The zero-order valence-corrected chi connectivity index (χ0v) is 15.9. The molecule has 28 heavy (non-hydrogen) atoms. The summed E-state index contributed by atoms with van der Waals surface area (Å²) in [5.41, 5.74) is 3.88. The fraction of sp³-hybridized carbons (Fsp3) is 0.0870. The van der Waals surface area contributed by atoms with Gasteiger partial charge in [-0.1, -0.05) is 42.5 Å². The molecule has 1 amide bonds. The van der Waals surface area contributed by atoms with E-state index in [4.69, 9.17) is 6.42 Å². The Morgan fingerprint density at radius 1 is 1.14 bits per heavy atom. The van der Waals surface area contributed by atoms with Gasteiger partial charge in [-0.15, -0.1) is 17.8 Å². The summed E-state index contributed by atoms with van der Waals surface area (Å²) in [5.74, 6) is 2.24. The maximum Gasteiger partial charge on any atom is 0.270 e. The van der Waals surface area contributed by atoms with Gasteiger partial charge in [0, 0.05) is 29.7 Å². The molecule has 2 aromatic heterocycles. The van der Waals surface area contributed by atoms with E-state index in [1.165, 1.54) is 22.3 Å². The number of aromatic nitrogens is 2. The minimum Gasteiger partial charge on any atom is -0.350 e. The topological polar surface area (TPSA) is 54.9 Å². The van der Waals surface area contributed by atoms with E-state index in [1.807, 2.05) is 24.5 Å². The Kier molecular flexibility index (Phi) is 5.14. The van der Waals surface area contributed by atoms with Crippen molar-refractivity contribution in [2.24, 2.45) is 0 Å². The van der Waals surface area contributed by atoms with E-state index in [1.54, 1.807) is 5.38 Å². The van der Waals surface area contributed by atoms with E-state index >= 15 is 0 Å². The summed E-state index contributed by atoms with van der Waals surface area (Å²) in [5, 5.41) is 7.40. The Morgan fingerprint density at radius 3 is 2.79 bits per heavy atom. The summed E-state index contributed by atoms with van der Waals surface area (Å²) in [6.45, 7) is 0.543. The van der Waals surface area contributed by atoms with E-state index in [0.717, 1.165) is 22.9 Å². The SMILES string of the molecule is C#Cc1nc(C(=O)NCCc2ccc(-c3cccc4cnccc34)cc2)cs1. The van der Waals surface area contributed by atoms with Crippen LogP contribution in [-0.4, -0.2) is 22.4 Å². The number of thiazole rings is 1. The number of fused-ring (bicyclic) bond motifs is 1. The number of carbonyl (C=O) groups is 1. The second kappa shape index (κ2) is 8.03. The molecule has 0 aliphatic heterocycles. The van der Waals surface area contributed by atoms with Crippen LogP contribution in [0.25, 0.3) is 21.9 Å². The molecular formula is C23H17N3OS. The van der Waals surface area contributed by atoms with Crippen LogP contribution in [0.4, 0.5) is 0 Å². The van der Waals surface area contributed by atoms with Gasteiger partial charge in [-0.25, -0.2) is 4.98 Å². The Balaban J connectivity index is 1.41. The van der Waals surface area contributed by atoms with Gasteiger partial charge in [0.05, 0.1) is 0 Å². The van der Waals surface area contributed by atoms with Gasteiger partial charge in [0.15, 0.2) is 5.01 Å². The Hall–Kier alpha value is -3.49. The Bertz CT molecular complexity index is 1170. The molecule has 0 fully saturated rings. The standard InChI is InChI=1S/C23H17N3OS/c1-2-22-26-21(15-28-22)23(27)25-13-10-16-6-8-17(9-7-16)19-5-3-4-18-14-24-12-11-20(18)19/h1,3-9,11-12,14-15H,10,13H2,(H,25,27). The molecular weight excluding hydrogens is 366 g/mol. The molecule has 0 bridgehead atoms. The third kappa shape index (κ3) is 3.78. The van der Waals surface area contributed by atoms with Gasteiger partial charge >= 0.3 is 0 Å². The average Bonchev–Trinajstić information content (AvgIpc) is 3.23. The lowest BCUT2D eigenvalue weighted by molar-refractivity contribution is 0.0950. The lowest BCUT2D eigenvalue weighted by atomic mass is 9.98. The van der Waals surface area contributed by atoms with Crippen molar-refractivity contribution in [3.05, 3.63) is 82.6 Å². The second-order valence-corrected chi connectivity index (χ2v) is 7.15. The number of nitrogens with one attached hydrogen (secondary N) is 1. The number of carbonyl (C=O) groups excluding carboxylic acids is 1. The summed E-state index contributed by atoms with van der Waals surface area (Å²) >= 11 is 1.30. The van der Waals surface area contributed by atoms with Crippen LogP contribution in [0.5, 0.6) is 0 Å². The summed E-state index contributed by atoms with van der Waals surface area (Å²) in [6.07, 6.45) is 9.73. The lowest BCUT2D eigenvalue weighted by Gasteiger charge is -2.08. The predicted molar refractivity (Wildman–Crippen MR) is 113 cm³/mol. The molecule has 5 heteroatoms. The van der Waals surface area contributed by atoms with Crippen molar-refractivity contribution in [2.75, 3.05) is 6.54 Å². The molecule has 2 aromatic carbocycles. The van der Waals surface area contributed by atoms with E-state index in [-0.39, 0.29) is 5.91 Å². The van der Waals surface area contributed by atoms with Crippen molar-refractivity contribution in [1.29, 1.82) is 0 Å². The highest BCUT2D eigenvalue weighted by molar-refractivity contribution is 7.10. The highest BCUT2D eigenvalue weighted by Gasteiger charge is 2.09. The fourth-order valence-electron chi connectivity index (χ4n) is 3.08. The first-order valence-corrected chi connectivity index (χ1v) is 9.75. The highest BCUT2D eigenvalue weighted by atomic mass is 32.1. The van der Waals surface area contributed by atoms with Gasteiger partial charge in [-0.05, 0) is 40.5 Å². The van der Waals surface area contributed by atoms with Gasteiger partial charge in [0.2, 0.25) is 0 Å². The summed E-state index contributed by atoms with van der Waals surface area (Å²) in [7, 11) is 0. The molecule has 0 unspecified atom stereocenters. The molecule has 4 aromatic rings. The molecule has 2 heterocycles. The first kappa shape index (κ1) is 17.9. The van der Waals surface area contributed by atoms with Gasteiger partial charge in [0.1, 0.15) is 5.69 Å². The largest absolute Gasteiger partial charge is 0.350 e. The number of hydrogen-bond acceptors (Lipinski definition) is 4. The van der Waals surface area contributed by atoms with Crippen molar-refractivity contribution >= 4 is 28.0 Å². The molecule has 0 aliphatic rings. The molecule has 0 saturated carbocycles. The maximum absolute atomic E-state index is 12.1. The first-order chi connectivity index (χ1) is 13.7. The fourth-order valence-corrected chi connectivity index (χ4v) is 3.68. The minimum atomic E-state index is -0.196. The molecule has 0 radical (unpaired) electrons. The van der Waals surface area contributed by atoms with Crippen molar-refractivity contribution in [3.63, 3.8) is 0 Å². The number of amides is 1. The van der Waals surface area contributed by atoms with Crippen LogP contribution >= 0.6 is 11.3 Å². The van der Waals surface area contributed by atoms with Crippen LogP contribution in [0.2, 0.25) is 0 Å². The van der Waals surface area contributed by atoms with Crippen LogP contribution in [0.3, 0.4) is 0 Å². The van der Waals surface area contributed by atoms with Crippen LogP contribution < -0.4 is 5.32 Å². The molecule has 4 rings (SSSR count). The zero-order chi connectivity index (χ0) is 19.3. The quantitative estimate of drug-likeness (QED) is 0.523.